The Kier molecular flexibility index (Phi) is 21.0. The summed E-state index contributed by atoms with van der Waals surface area (Å²) >= 11 is 0. The SMILES string of the molecule is CC/C=C\C/C=C\C/C=C\CCCCCCCC(=O)OC(=O)OCCCCCC. The second-order valence-corrected chi connectivity index (χ2v) is 7.23. The third kappa shape index (κ3) is 22.3. The Bertz CT molecular complexity index is 477. The molecule has 0 unspecified atom stereocenters. The van der Waals surface area contributed by atoms with Gasteiger partial charge in [-0.25, -0.2) is 4.79 Å². The van der Waals surface area contributed by atoms with E-state index in [9.17, 15) is 9.59 Å². The van der Waals surface area contributed by atoms with Crippen molar-refractivity contribution >= 4 is 12.1 Å². The minimum Gasteiger partial charge on any atom is -0.434 e. The van der Waals surface area contributed by atoms with Crippen molar-refractivity contribution in [1.82, 2.24) is 0 Å². The molecule has 0 amide bonds. The van der Waals surface area contributed by atoms with Gasteiger partial charge >= 0.3 is 12.1 Å². The Hall–Kier alpha value is -1.84. The maximum absolute atomic E-state index is 11.6. The summed E-state index contributed by atoms with van der Waals surface area (Å²) in [6.07, 6.45) is 26.2. The van der Waals surface area contributed by atoms with Gasteiger partial charge in [-0.05, 0) is 44.9 Å². The smallest absolute Gasteiger partial charge is 0.434 e. The van der Waals surface area contributed by atoms with Crippen molar-refractivity contribution in [2.24, 2.45) is 0 Å². The maximum Gasteiger partial charge on any atom is 0.516 e. The number of carbonyl (C=O) groups is 2. The highest BCUT2D eigenvalue weighted by atomic mass is 16.7. The van der Waals surface area contributed by atoms with Crippen LogP contribution in [0.15, 0.2) is 36.5 Å². The third-order valence-electron chi connectivity index (χ3n) is 4.45. The summed E-state index contributed by atoms with van der Waals surface area (Å²) in [7, 11) is 0. The van der Waals surface area contributed by atoms with Crippen molar-refractivity contribution in [3.05, 3.63) is 36.5 Å². The number of esters is 1. The van der Waals surface area contributed by atoms with E-state index in [0.717, 1.165) is 77.0 Å². The van der Waals surface area contributed by atoms with E-state index in [2.05, 4.69) is 55.0 Å². The molecule has 0 radical (unpaired) electrons. The van der Waals surface area contributed by atoms with Gasteiger partial charge in [-0.1, -0.05) is 88.8 Å². The van der Waals surface area contributed by atoms with Gasteiger partial charge in [-0.15, -0.1) is 0 Å². The van der Waals surface area contributed by atoms with Crippen molar-refractivity contribution in [2.75, 3.05) is 6.61 Å². The molecule has 0 saturated carbocycles. The standard InChI is InChI=1S/C25H42O4/c1-3-5-7-9-10-11-12-13-14-15-16-17-18-19-20-22-24(26)29-25(27)28-23-21-8-6-4-2/h5,7,10-11,13-14H,3-4,6,8-9,12,15-23H2,1-2H3/b7-5-,11-10-,14-13-. The Morgan fingerprint density at radius 2 is 1.31 bits per heavy atom. The van der Waals surface area contributed by atoms with Crippen LogP contribution >= 0.6 is 0 Å². The molecule has 0 aromatic rings. The number of hydrogen-bond donors (Lipinski definition) is 0. The minimum absolute atomic E-state index is 0.282. The van der Waals surface area contributed by atoms with Crippen LogP contribution in [-0.2, 0) is 14.3 Å². The third-order valence-corrected chi connectivity index (χ3v) is 4.45. The Morgan fingerprint density at radius 3 is 2.03 bits per heavy atom. The average Bonchev–Trinajstić information content (AvgIpc) is 2.70. The van der Waals surface area contributed by atoms with E-state index < -0.39 is 12.1 Å². The lowest BCUT2D eigenvalue weighted by Gasteiger charge is -2.05. The van der Waals surface area contributed by atoms with Crippen LogP contribution in [0.4, 0.5) is 4.79 Å². The monoisotopic (exact) mass is 406 g/mol. The van der Waals surface area contributed by atoms with Gasteiger partial charge < -0.3 is 9.47 Å². The van der Waals surface area contributed by atoms with E-state index in [1.165, 1.54) is 6.42 Å². The van der Waals surface area contributed by atoms with Gasteiger partial charge in [-0.3, -0.25) is 4.79 Å². The predicted octanol–water partition coefficient (Wildman–Crippen LogP) is 7.84. The summed E-state index contributed by atoms with van der Waals surface area (Å²) in [5, 5.41) is 0. The van der Waals surface area contributed by atoms with Gasteiger partial charge in [0, 0.05) is 6.42 Å². The molecular weight excluding hydrogens is 364 g/mol. The van der Waals surface area contributed by atoms with Gasteiger partial charge in [0.15, 0.2) is 0 Å². The molecule has 0 aromatic carbocycles. The first-order chi connectivity index (χ1) is 14.2. The number of unbranched alkanes of at least 4 members (excludes halogenated alkanes) is 8. The quantitative estimate of drug-likeness (QED) is 0.101. The summed E-state index contributed by atoms with van der Waals surface area (Å²) in [4.78, 5) is 22.9. The van der Waals surface area contributed by atoms with Crippen LogP contribution in [0.1, 0.15) is 104 Å². The summed E-state index contributed by atoms with van der Waals surface area (Å²) in [6.45, 7) is 4.60. The molecule has 0 aliphatic rings. The number of ether oxygens (including phenoxy) is 2. The van der Waals surface area contributed by atoms with E-state index in [0.29, 0.717) is 6.61 Å². The summed E-state index contributed by atoms with van der Waals surface area (Å²) in [6, 6.07) is 0. The molecule has 0 rings (SSSR count). The number of rotatable bonds is 18. The molecule has 4 nitrogen and oxygen atoms in total. The van der Waals surface area contributed by atoms with Crippen LogP contribution in [0, 0.1) is 0 Å². The molecular formula is C25H42O4. The van der Waals surface area contributed by atoms with Crippen molar-refractivity contribution in [3.8, 4) is 0 Å². The van der Waals surface area contributed by atoms with Crippen LogP contribution in [0.25, 0.3) is 0 Å². The molecule has 0 fully saturated rings. The van der Waals surface area contributed by atoms with Gasteiger partial charge in [0.1, 0.15) is 0 Å². The molecule has 0 atom stereocenters. The van der Waals surface area contributed by atoms with Crippen LogP contribution in [0.5, 0.6) is 0 Å². The highest BCUT2D eigenvalue weighted by Gasteiger charge is 2.10. The number of hydrogen-bond acceptors (Lipinski definition) is 4. The van der Waals surface area contributed by atoms with E-state index in [1.54, 1.807) is 0 Å². The largest absolute Gasteiger partial charge is 0.516 e. The second-order valence-electron chi connectivity index (χ2n) is 7.23. The molecule has 0 heterocycles. The van der Waals surface area contributed by atoms with Crippen LogP contribution in [-0.4, -0.2) is 18.7 Å². The van der Waals surface area contributed by atoms with Crippen molar-refractivity contribution in [2.45, 2.75) is 104 Å². The average molecular weight is 407 g/mol. The highest BCUT2D eigenvalue weighted by molar-refractivity contribution is 5.81. The first kappa shape index (κ1) is 27.2. The van der Waals surface area contributed by atoms with Crippen molar-refractivity contribution in [1.29, 1.82) is 0 Å². The molecule has 0 saturated heterocycles. The first-order valence-electron chi connectivity index (χ1n) is 11.5. The Morgan fingerprint density at radius 1 is 0.690 bits per heavy atom. The minimum atomic E-state index is -0.856. The van der Waals surface area contributed by atoms with E-state index in [-0.39, 0.29) is 6.42 Å². The van der Waals surface area contributed by atoms with Gasteiger partial charge in [0.2, 0.25) is 0 Å². The molecule has 0 aromatic heterocycles. The molecule has 166 valence electrons. The summed E-state index contributed by atoms with van der Waals surface area (Å²) < 4.78 is 9.55. The van der Waals surface area contributed by atoms with Crippen molar-refractivity contribution < 1.29 is 19.1 Å². The van der Waals surface area contributed by atoms with Crippen molar-refractivity contribution in [3.63, 3.8) is 0 Å². The van der Waals surface area contributed by atoms with Gasteiger partial charge in [0.05, 0.1) is 6.61 Å². The lowest BCUT2D eigenvalue weighted by atomic mass is 10.1. The highest BCUT2D eigenvalue weighted by Crippen LogP contribution is 2.09. The predicted molar refractivity (Wildman–Crippen MR) is 121 cm³/mol. The Balaban J connectivity index is 3.42. The fraction of sp³-hybridized carbons (Fsp3) is 0.680. The number of carbonyl (C=O) groups excluding carboxylic acids is 2. The fourth-order valence-corrected chi connectivity index (χ4v) is 2.75. The second kappa shape index (κ2) is 22.4. The zero-order valence-corrected chi connectivity index (χ0v) is 18.7. The van der Waals surface area contributed by atoms with Gasteiger partial charge in [-0.2, -0.15) is 0 Å². The van der Waals surface area contributed by atoms with Crippen LogP contribution in [0.2, 0.25) is 0 Å². The van der Waals surface area contributed by atoms with Crippen LogP contribution in [0.3, 0.4) is 0 Å². The topological polar surface area (TPSA) is 52.6 Å². The first-order valence-corrected chi connectivity index (χ1v) is 11.5. The summed E-state index contributed by atoms with van der Waals surface area (Å²) in [5.41, 5.74) is 0. The normalized spacial score (nSPS) is 11.7. The molecule has 0 aliphatic heterocycles. The van der Waals surface area contributed by atoms with E-state index >= 15 is 0 Å². The molecule has 0 N–H and O–H groups in total. The molecule has 4 heteroatoms. The zero-order chi connectivity index (χ0) is 21.4. The maximum atomic E-state index is 11.6. The number of allylic oxidation sites excluding steroid dienone is 6. The van der Waals surface area contributed by atoms with Crippen LogP contribution < -0.4 is 0 Å². The van der Waals surface area contributed by atoms with E-state index in [1.807, 2.05) is 0 Å². The lowest BCUT2D eigenvalue weighted by molar-refractivity contribution is -0.139. The summed E-state index contributed by atoms with van der Waals surface area (Å²) in [5.74, 6) is -0.482. The molecule has 29 heavy (non-hydrogen) atoms. The lowest BCUT2D eigenvalue weighted by Crippen LogP contribution is -2.14. The van der Waals surface area contributed by atoms with Gasteiger partial charge in [0.25, 0.3) is 0 Å². The Labute approximate surface area is 178 Å². The van der Waals surface area contributed by atoms with E-state index in [4.69, 9.17) is 4.74 Å². The molecule has 0 aliphatic carbocycles. The molecule has 0 spiro atoms. The fourth-order valence-electron chi connectivity index (χ4n) is 2.75. The molecule has 0 bridgehead atoms. The zero-order valence-electron chi connectivity index (χ0n) is 18.7.